The molecule has 2 aromatic heterocycles. The fraction of sp³-hybridized carbons (Fsp3) is 0.211. The molecule has 1 fully saturated rings. The number of nitrogens with zero attached hydrogens (tertiary/aromatic N) is 4. The second-order valence-corrected chi connectivity index (χ2v) is 6.45. The van der Waals surface area contributed by atoms with Crippen molar-refractivity contribution < 1.29 is 9.90 Å². The molecule has 3 heterocycles. The number of fused-ring (bicyclic) bond motifs is 1. The Morgan fingerprint density at radius 2 is 1.81 bits per heavy atom. The van der Waals surface area contributed by atoms with Crippen LogP contribution in [0.25, 0.3) is 10.9 Å². The molecule has 0 spiro atoms. The van der Waals surface area contributed by atoms with E-state index in [0.717, 1.165) is 43.9 Å². The summed E-state index contributed by atoms with van der Waals surface area (Å²) in [5.41, 5.74) is 0.604. The monoisotopic (exact) mass is 365 g/mol. The van der Waals surface area contributed by atoms with E-state index in [9.17, 15) is 9.59 Å². The molecule has 1 aliphatic rings. The first-order valence-electron chi connectivity index (χ1n) is 8.63. The fourth-order valence-corrected chi connectivity index (χ4v) is 3.42. The predicted molar refractivity (Wildman–Crippen MR) is 104 cm³/mol. The average Bonchev–Trinajstić information content (AvgIpc) is 2.71. The number of nitrogen functional groups attached to an aromatic ring is 1. The molecule has 27 heavy (non-hydrogen) atoms. The van der Waals surface area contributed by atoms with E-state index in [1.165, 1.54) is 4.68 Å². The lowest BCUT2D eigenvalue weighted by Gasteiger charge is -2.36. The normalized spacial score (nSPS) is 14.5. The van der Waals surface area contributed by atoms with Crippen LogP contribution in [0, 0.1) is 0 Å². The number of carbonyl (C=O) groups is 1. The number of piperazine rings is 1. The molecule has 4 rings (SSSR count). The molecule has 8 nitrogen and oxygen atoms in total. The van der Waals surface area contributed by atoms with E-state index in [-0.39, 0.29) is 5.56 Å². The van der Waals surface area contributed by atoms with E-state index < -0.39 is 11.4 Å². The number of rotatable bonds is 3. The second kappa shape index (κ2) is 6.64. The van der Waals surface area contributed by atoms with Gasteiger partial charge < -0.3 is 20.7 Å². The van der Waals surface area contributed by atoms with Crippen LogP contribution in [0.3, 0.4) is 0 Å². The molecule has 138 valence electrons. The highest BCUT2D eigenvalue weighted by Gasteiger charge is 2.20. The standard InChI is InChI=1S/C19H19N5O3/c20-24-12-15(19(26)27)18(25)14-5-4-13(11-16(14)24)22-7-9-23(10-8-22)17-3-1-2-6-21-17/h1-6,11-12H,7-10,20H2,(H,26,27). The number of anilines is 2. The van der Waals surface area contributed by atoms with E-state index in [0.29, 0.717) is 10.9 Å². The molecule has 1 aliphatic heterocycles. The van der Waals surface area contributed by atoms with E-state index in [4.69, 9.17) is 10.9 Å². The van der Waals surface area contributed by atoms with Gasteiger partial charge in [0.05, 0.1) is 5.52 Å². The fourth-order valence-electron chi connectivity index (χ4n) is 3.42. The summed E-state index contributed by atoms with van der Waals surface area (Å²) in [7, 11) is 0. The Morgan fingerprint density at radius 1 is 1.07 bits per heavy atom. The van der Waals surface area contributed by atoms with Gasteiger partial charge in [-0.25, -0.2) is 9.78 Å². The van der Waals surface area contributed by atoms with Gasteiger partial charge in [0.15, 0.2) is 0 Å². The van der Waals surface area contributed by atoms with Gasteiger partial charge in [-0.05, 0) is 30.3 Å². The maximum Gasteiger partial charge on any atom is 0.341 e. The first-order valence-corrected chi connectivity index (χ1v) is 8.63. The van der Waals surface area contributed by atoms with Crippen LogP contribution < -0.4 is 21.1 Å². The van der Waals surface area contributed by atoms with E-state index in [2.05, 4.69) is 14.8 Å². The lowest BCUT2D eigenvalue weighted by molar-refractivity contribution is 0.0695. The van der Waals surface area contributed by atoms with Crippen LogP contribution in [0.2, 0.25) is 0 Å². The molecule has 0 atom stereocenters. The van der Waals surface area contributed by atoms with Crippen molar-refractivity contribution in [3.8, 4) is 0 Å². The summed E-state index contributed by atoms with van der Waals surface area (Å²) in [5.74, 6) is 5.62. The number of nitrogens with two attached hydrogens (primary N) is 1. The quantitative estimate of drug-likeness (QED) is 0.671. The third-order valence-corrected chi connectivity index (χ3v) is 4.87. The summed E-state index contributed by atoms with van der Waals surface area (Å²) in [6.45, 7) is 3.29. The largest absolute Gasteiger partial charge is 0.477 e. The zero-order valence-corrected chi connectivity index (χ0v) is 14.6. The highest BCUT2D eigenvalue weighted by Crippen LogP contribution is 2.23. The third kappa shape index (κ3) is 3.05. The SMILES string of the molecule is Nn1cc(C(=O)O)c(=O)c2ccc(N3CCN(c4ccccn4)CC3)cc21. The van der Waals surface area contributed by atoms with Gasteiger partial charge in [-0.3, -0.25) is 9.47 Å². The Labute approximate surface area is 155 Å². The van der Waals surface area contributed by atoms with E-state index >= 15 is 0 Å². The van der Waals surface area contributed by atoms with Crippen molar-refractivity contribution in [3.63, 3.8) is 0 Å². The summed E-state index contributed by atoms with van der Waals surface area (Å²) < 4.78 is 1.20. The molecule has 1 aromatic carbocycles. The lowest BCUT2D eigenvalue weighted by Crippen LogP contribution is -2.46. The maximum atomic E-state index is 12.3. The van der Waals surface area contributed by atoms with Crippen molar-refractivity contribution >= 4 is 28.4 Å². The average molecular weight is 365 g/mol. The number of carboxylic acid groups (broad SMARTS) is 1. The minimum Gasteiger partial charge on any atom is -0.477 e. The molecule has 0 amide bonds. The first-order chi connectivity index (χ1) is 13.0. The Balaban J connectivity index is 1.60. The smallest absolute Gasteiger partial charge is 0.341 e. The molecule has 8 heteroatoms. The van der Waals surface area contributed by atoms with Crippen molar-refractivity contribution in [1.82, 2.24) is 9.66 Å². The summed E-state index contributed by atoms with van der Waals surface area (Å²) in [6.07, 6.45) is 2.95. The third-order valence-electron chi connectivity index (χ3n) is 4.87. The maximum absolute atomic E-state index is 12.3. The molecule has 3 aromatic rings. The summed E-state index contributed by atoms with van der Waals surface area (Å²) in [4.78, 5) is 32.4. The van der Waals surface area contributed by atoms with Gasteiger partial charge in [-0.1, -0.05) is 6.07 Å². The van der Waals surface area contributed by atoms with E-state index in [1.807, 2.05) is 30.3 Å². The van der Waals surface area contributed by atoms with Crippen molar-refractivity contribution in [1.29, 1.82) is 0 Å². The number of carboxylic acids is 1. The van der Waals surface area contributed by atoms with Crippen molar-refractivity contribution in [2.45, 2.75) is 0 Å². The Kier molecular flexibility index (Phi) is 4.15. The van der Waals surface area contributed by atoms with Crippen LogP contribution in [-0.4, -0.2) is 46.9 Å². The number of hydrogen-bond acceptors (Lipinski definition) is 6. The summed E-state index contributed by atoms with van der Waals surface area (Å²) in [5, 5.41) is 9.44. The number of hydrogen-bond donors (Lipinski definition) is 2. The second-order valence-electron chi connectivity index (χ2n) is 6.45. The van der Waals surface area contributed by atoms with Crippen LogP contribution in [0.15, 0.2) is 53.6 Å². The van der Waals surface area contributed by atoms with Crippen LogP contribution in [-0.2, 0) is 0 Å². The Morgan fingerprint density at radius 3 is 2.48 bits per heavy atom. The van der Waals surface area contributed by atoms with Crippen molar-refractivity contribution in [3.05, 3.63) is 64.6 Å². The molecule has 0 radical (unpaired) electrons. The van der Waals surface area contributed by atoms with Gasteiger partial charge in [0, 0.05) is 49.6 Å². The van der Waals surface area contributed by atoms with Crippen LogP contribution in [0.1, 0.15) is 10.4 Å². The van der Waals surface area contributed by atoms with Gasteiger partial charge in [-0.2, -0.15) is 0 Å². The Hall–Kier alpha value is -3.55. The van der Waals surface area contributed by atoms with Gasteiger partial charge >= 0.3 is 5.97 Å². The number of pyridine rings is 2. The molecular formula is C19H19N5O3. The molecule has 3 N–H and O–H groups in total. The van der Waals surface area contributed by atoms with Crippen LogP contribution in [0.4, 0.5) is 11.5 Å². The molecule has 0 bridgehead atoms. The van der Waals surface area contributed by atoms with Crippen LogP contribution in [0.5, 0.6) is 0 Å². The van der Waals surface area contributed by atoms with Gasteiger partial charge in [0.1, 0.15) is 11.4 Å². The number of aromatic nitrogens is 2. The summed E-state index contributed by atoms with van der Waals surface area (Å²) >= 11 is 0. The highest BCUT2D eigenvalue weighted by molar-refractivity contribution is 5.93. The predicted octanol–water partition coefficient (Wildman–Crippen LogP) is 1.14. The Bertz CT molecular complexity index is 1060. The van der Waals surface area contributed by atoms with Crippen molar-refractivity contribution in [2.75, 3.05) is 41.8 Å². The number of aromatic carboxylic acids is 1. The minimum absolute atomic E-state index is 0.299. The summed E-state index contributed by atoms with van der Waals surface area (Å²) in [6, 6.07) is 11.2. The zero-order chi connectivity index (χ0) is 19.0. The van der Waals surface area contributed by atoms with E-state index in [1.54, 1.807) is 12.3 Å². The number of benzene rings is 1. The van der Waals surface area contributed by atoms with Gasteiger partial charge in [0.25, 0.3) is 0 Å². The van der Waals surface area contributed by atoms with Gasteiger partial charge in [-0.15, -0.1) is 0 Å². The lowest BCUT2D eigenvalue weighted by atomic mass is 10.1. The van der Waals surface area contributed by atoms with Gasteiger partial charge in [0.2, 0.25) is 5.43 Å². The molecule has 0 aliphatic carbocycles. The van der Waals surface area contributed by atoms with Crippen molar-refractivity contribution in [2.24, 2.45) is 0 Å². The molecular weight excluding hydrogens is 346 g/mol. The topological polar surface area (TPSA) is 105 Å². The minimum atomic E-state index is -1.28. The molecule has 1 saturated heterocycles. The zero-order valence-electron chi connectivity index (χ0n) is 14.6. The molecule has 0 unspecified atom stereocenters. The molecule has 0 saturated carbocycles. The van der Waals surface area contributed by atoms with Crippen LogP contribution >= 0.6 is 0 Å². The highest BCUT2D eigenvalue weighted by atomic mass is 16.4. The first kappa shape index (κ1) is 16.9.